The Hall–Kier alpha value is -2.45. The Kier molecular flexibility index (Phi) is 6.31. The maximum atomic E-state index is 11.4. The minimum Gasteiger partial charge on any atom is -0.481 e. The second-order valence-corrected chi connectivity index (χ2v) is 4.35. The highest BCUT2D eigenvalue weighted by Gasteiger charge is 2.18. The molecule has 1 aromatic rings. The number of nitrogens with one attached hydrogen (secondary N) is 2. The predicted molar refractivity (Wildman–Crippen MR) is 70.8 cm³/mol. The van der Waals surface area contributed by atoms with Crippen LogP contribution in [0.5, 0.6) is 0 Å². The van der Waals surface area contributed by atoms with E-state index >= 15 is 0 Å². The number of rotatable bonds is 8. The van der Waals surface area contributed by atoms with Gasteiger partial charge in [-0.2, -0.15) is 0 Å². The molecule has 0 aliphatic carbocycles. The molecule has 8 heteroatoms. The normalized spacial score (nSPS) is 11.7. The van der Waals surface area contributed by atoms with Crippen molar-refractivity contribution >= 4 is 17.8 Å². The van der Waals surface area contributed by atoms with Crippen LogP contribution in [0.1, 0.15) is 28.8 Å². The van der Waals surface area contributed by atoms with Crippen LogP contribution in [0.25, 0.3) is 0 Å². The van der Waals surface area contributed by atoms with Crippen molar-refractivity contribution in [2.24, 2.45) is 0 Å². The van der Waals surface area contributed by atoms with Crippen LogP contribution in [0.2, 0.25) is 0 Å². The molecule has 21 heavy (non-hydrogen) atoms. The van der Waals surface area contributed by atoms with Gasteiger partial charge in [0.15, 0.2) is 0 Å². The van der Waals surface area contributed by atoms with E-state index in [-0.39, 0.29) is 24.9 Å². The van der Waals surface area contributed by atoms with Gasteiger partial charge in [-0.3, -0.25) is 14.8 Å². The first-order chi connectivity index (χ1) is 9.93. The molecular weight excluding hydrogens is 280 g/mol. The van der Waals surface area contributed by atoms with E-state index in [1.807, 2.05) is 0 Å². The number of aliphatic carboxylic acids is 1. The van der Waals surface area contributed by atoms with Crippen molar-refractivity contribution in [1.82, 2.24) is 10.8 Å². The molecule has 0 saturated carbocycles. The van der Waals surface area contributed by atoms with E-state index in [2.05, 4.69) is 5.32 Å². The number of aromatic carboxylic acids is 1. The highest BCUT2D eigenvalue weighted by molar-refractivity contribution is 5.87. The third kappa shape index (κ3) is 5.59. The summed E-state index contributed by atoms with van der Waals surface area (Å²) in [6, 6.07) is 5.23. The van der Waals surface area contributed by atoms with Crippen molar-refractivity contribution in [3.63, 3.8) is 0 Å². The fraction of sp³-hybridized carbons (Fsp3) is 0.308. The molecular formula is C13H16N2O6. The molecule has 0 unspecified atom stereocenters. The topological polar surface area (TPSA) is 136 Å². The van der Waals surface area contributed by atoms with Gasteiger partial charge in [0, 0.05) is 13.0 Å². The first kappa shape index (κ1) is 16.6. The molecule has 1 aromatic carbocycles. The Balaban J connectivity index is 2.67. The maximum absolute atomic E-state index is 11.4. The number of carbonyl (C=O) groups is 3. The summed E-state index contributed by atoms with van der Waals surface area (Å²) in [5.41, 5.74) is 2.21. The van der Waals surface area contributed by atoms with Gasteiger partial charge in [0.25, 0.3) is 5.91 Å². The van der Waals surface area contributed by atoms with E-state index in [0.717, 1.165) is 0 Å². The summed E-state index contributed by atoms with van der Waals surface area (Å²) >= 11 is 0. The standard InChI is InChI=1S/C13H16N2O6/c16-11(17)5-4-10(12(18)15-21)14-7-8-2-1-3-9(6-8)13(19)20/h1-3,6,10,14,21H,4-5,7H2,(H,15,18)(H,16,17)(H,19,20)/t10-/m1/s1. The quantitative estimate of drug-likeness (QED) is 0.342. The zero-order valence-corrected chi connectivity index (χ0v) is 11.1. The molecule has 1 rings (SSSR count). The molecule has 0 saturated heterocycles. The SMILES string of the molecule is O=C(O)CC[C@@H](NCc1cccc(C(=O)O)c1)C(=O)NO. The Morgan fingerprint density at radius 1 is 1.19 bits per heavy atom. The number of amides is 1. The molecule has 0 aliphatic rings. The van der Waals surface area contributed by atoms with Crippen molar-refractivity contribution in [1.29, 1.82) is 0 Å². The lowest BCUT2D eigenvalue weighted by molar-refractivity contribution is -0.137. The zero-order valence-electron chi connectivity index (χ0n) is 11.1. The van der Waals surface area contributed by atoms with E-state index in [1.54, 1.807) is 12.1 Å². The second kappa shape index (κ2) is 7.98. The molecule has 0 heterocycles. The van der Waals surface area contributed by atoms with Crippen LogP contribution >= 0.6 is 0 Å². The van der Waals surface area contributed by atoms with Crippen molar-refractivity contribution in [3.8, 4) is 0 Å². The first-order valence-electron chi connectivity index (χ1n) is 6.15. The van der Waals surface area contributed by atoms with Gasteiger partial charge in [-0.1, -0.05) is 12.1 Å². The lowest BCUT2D eigenvalue weighted by Crippen LogP contribution is -2.43. The minimum absolute atomic E-state index is 0.000345. The Morgan fingerprint density at radius 2 is 1.90 bits per heavy atom. The molecule has 0 aliphatic heterocycles. The number of hydrogen-bond acceptors (Lipinski definition) is 5. The van der Waals surface area contributed by atoms with E-state index in [0.29, 0.717) is 5.56 Å². The highest BCUT2D eigenvalue weighted by atomic mass is 16.5. The lowest BCUT2D eigenvalue weighted by atomic mass is 10.1. The number of carboxylic acids is 2. The molecule has 0 fully saturated rings. The Bertz CT molecular complexity index is 531. The number of hydroxylamine groups is 1. The summed E-state index contributed by atoms with van der Waals surface area (Å²) in [7, 11) is 0. The number of carboxylic acid groups (broad SMARTS) is 2. The van der Waals surface area contributed by atoms with Crippen molar-refractivity contribution in [2.75, 3.05) is 0 Å². The number of benzene rings is 1. The fourth-order valence-electron chi connectivity index (χ4n) is 1.73. The van der Waals surface area contributed by atoms with Crippen LogP contribution in [-0.2, 0) is 16.1 Å². The summed E-state index contributed by atoms with van der Waals surface area (Å²) in [6.45, 7) is 0.166. The van der Waals surface area contributed by atoms with E-state index in [4.69, 9.17) is 15.4 Å². The molecule has 1 amide bonds. The molecule has 0 bridgehead atoms. The van der Waals surface area contributed by atoms with Crippen LogP contribution in [-0.4, -0.2) is 39.3 Å². The molecule has 0 spiro atoms. The molecule has 114 valence electrons. The molecule has 8 nitrogen and oxygen atoms in total. The van der Waals surface area contributed by atoms with E-state index < -0.39 is 23.9 Å². The Morgan fingerprint density at radius 3 is 2.48 bits per heavy atom. The third-order valence-corrected chi connectivity index (χ3v) is 2.80. The predicted octanol–water partition coefficient (Wildman–Crippen LogP) is 0.213. The van der Waals surface area contributed by atoms with Crippen LogP contribution in [0.15, 0.2) is 24.3 Å². The van der Waals surface area contributed by atoms with Crippen molar-refractivity contribution in [3.05, 3.63) is 35.4 Å². The molecule has 1 atom stereocenters. The molecule has 5 N–H and O–H groups in total. The average Bonchev–Trinajstić information content (AvgIpc) is 2.46. The summed E-state index contributed by atoms with van der Waals surface area (Å²) < 4.78 is 0. The van der Waals surface area contributed by atoms with Crippen molar-refractivity contribution < 1.29 is 29.8 Å². The number of carbonyl (C=O) groups excluding carboxylic acids is 1. The average molecular weight is 296 g/mol. The highest BCUT2D eigenvalue weighted by Crippen LogP contribution is 2.07. The van der Waals surface area contributed by atoms with Gasteiger partial charge in [0.2, 0.25) is 0 Å². The van der Waals surface area contributed by atoms with Gasteiger partial charge < -0.3 is 15.5 Å². The summed E-state index contributed by atoms with van der Waals surface area (Å²) in [5.74, 6) is -2.86. The Labute approximate surface area is 120 Å². The van der Waals surface area contributed by atoms with Gasteiger partial charge in [0.1, 0.15) is 0 Å². The van der Waals surface area contributed by atoms with Gasteiger partial charge in [0.05, 0.1) is 11.6 Å². The van der Waals surface area contributed by atoms with Crippen LogP contribution in [0, 0.1) is 0 Å². The van der Waals surface area contributed by atoms with E-state index in [1.165, 1.54) is 17.6 Å². The summed E-state index contributed by atoms with van der Waals surface area (Å²) in [6.07, 6.45) is -0.236. The second-order valence-electron chi connectivity index (χ2n) is 4.35. The summed E-state index contributed by atoms with van der Waals surface area (Å²) in [5, 5.41) is 28.9. The number of hydrogen-bond donors (Lipinski definition) is 5. The maximum Gasteiger partial charge on any atom is 0.335 e. The fourth-order valence-corrected chi connectivity index (χ4v) is 1.73. The van der Waals surface area contributed by atoms with Crippen LogP contribution in [0.4, 0.5) is 0 Å². The van der Waals surface area contributed by atoms with E-state index in [9.17, 15) is 14.4 Å². The molecule has 0 aromatic heterocycles. The van der Waals surface area contributed by atoms with Gasteiger partial charge in [-0.25, -0.2) is 10.3 Å². The third-order valence-electron chi connectivity index (χ3n) is 2.80. The minimum atomic E-state index is -1.06. The molecule has 0 radical (unpaired) electrons. The first-order valence-corrected chi connectivity index (χ1v) is 6.15. The van der Waals surface area contributed by atoms with Crippen LogP contribution < -0.4 is 10.8 Å². The van der Waals surface area contributed by atoms with Gasteiger partial charge in [-0.05, 0) is 24.1 Å². The van der Waals surface area contributed by atoms with Crippen LogP contribution in [0.3, 0.4) is 0 Å². The smallest absolute Gasteiger partial charge is 0.335 e. The summed E-state index contributed by atoms with van der Waals surface area (Å²) in [4.78, 5) is 32.8. The largest absolute Gasteiger partial charge is 0.481 e. The van der Waals surface area contributed by atoms with Gasteiger partial charge in [-0.15, -0.1) is 0 Å². The van der Waals surface area contributed by atoms with Crippen molar-refractivity contribution in [2.45, 2.75) is 25.4 Å². The lowest BCUT2D eigenvalue weighted by Gasteiger charge is -2.16. The monoisotopic (exact) mass is 296 g/mol. The zero-order chi connectivity index (χ0) is 15.8. The van der Waals surface area contributed by atoms with Gasteiger partial charge >= 0.3 is 11.9 Å².